The first-order valence-corrected chi connectivity index (χ1v) is 10.4. The predicted octanol–water partition coefficient (Wildman–Crippen LogP) is 2.32. The van der Waals surface area contributed by atoms with E-state index in [-0.39, 0.29) is 28.2 Å². The third-order valence-corrected chi connectivity index (χ3v) is 6.66. The van der Waals surface area contributed by atoms with Crippen molar-refractivity contribution in [3.05, 3.63) is 42.6 Å². The van der Waals surface area contributed by atoms with Gasteiger partial charge in [0.1, 0.15) is 5.82 Å². The van der Waals surface area contributed by atoms with Gasteiger partial charge in [-0.25, -0.2) is 13.4 Å². The summed E-state index contributed by atoms with van der Waals surface area (Å²) < 4.78 is 25.0. The van der Waals surface area contributed by atoms with Crippen LogP contribution < -0.4 is 10.6 Å². The number of hydrogen-bond acceptors (Lipinski definition) is 6. The number of amides is 2. The molecular formula is C17H17N3O4S2. The zero-order valence-electron chi connectivity index (χ0n) is 13.9. The van der Waals surface area contributed by atoms with Gasteiger partial charge >= 0.3 is 0 Å². The summed E-state index contributed by atoms with van der Waals surface area (Å²) in [4.78, 5) is 28.6. The molecule has 26 heavy (non-hydrogen) atoms. The summed E-state index contributed by atoms with van der Waals surface area (Å²) in [5.74, 6) is -0.547. The fourth-order valence-corrected chi connectivity index (χ4v) is 4.56. The standard InChI is InChI=1S/C17H17N3O4S2/c1-11-17(22)19-13-10-12(5-6-14(13)25-11)26(23,24)9-7-16(21)20-15-4-2-3-8-18-15/h2-6,8,10-11H,7,9H2,1H3,(H,19,22)(H,18,20,21)/t11-/m0/s1. The van der Waals surface area contributed by atoms with Gasteiger partial charge in [-0.3, -0.25) is 9.59 Å². The molecule has 7 nitrogen and oxygen atoms in total. The lowest BCUT2D eigenvalue weighted by Crippen LogP contribution is -2.26. The molecule has 2 aromatic rings. The highest BCUT2D eigenvalue weighted by atomic mass is 32.2. The van der Waals surface area contributed by atoms with Crippen LogP contribution in [0.3, 0.4) is 0 Å². The van der Waals surface area contributed by atoms with Crippen molar-refractivity contribution in [2.75, 3.05) is 16.4 Å². The van der Waals surface area contributed by atoms with Gasteiger partial charge in [0.05, 0.1) is 21.6 Å². The van der Waals surface area contributed by atoms with Gasteiger partial charge in [-0.05, 0) is 37.3 Å². The van der Waals surface area contributed by atoms with Gasteiger partial charge in [0.25, 0.3) is 0 Å². The lowest BCUT2D eigenvalue weighted by Gasteiger charge is -2.21. The highest BCUT2D eigenvalue weighted by Crippen LogP contribution is 2.36. The van der Waals surface area contributed by atoms with Crippen LogP contribution in [0.1, 0.15) is 13.3 Å². The van der Waals surface area contributed by atoms with E-state index in [2.05, 4.69) is 15.6 Å². The van der Waals surface area contributed by atoms with E-state index in [9.17, 15) is 18.0 Å². The second-order valence-electron chi connectivity index (χ2n) is 5.74. The van der Waals surface area contributed by atoms with E-state index in [4.69, 9.17) is 0 Å². The lowest BCUT2D eigenvalue weighted by molar-refractivity contribution is -0.116. The number of hydrogen-bond donors (Lipinski definition) is 2. The normalized spacial score (nSPS) is 16.5. The molecule has 1 aromatic heterocycles. The van der Waals surface area contributed by atoms with Crippen molar-refractivity contribution in [3.8, 4) is 0 Å². The summed E-state index contributed by atoms with van der Waals surface area (Å²) in [6.45, 7) is 1.79. The van der Waals surface area contributed by atoms with Crippen LogP contribution in [0.2, 0.25) is 0 Å². The minimum absolute atomic E-state index is 0.0809. The van der Waals surface area contributed by atoms with Crippen LogP contribution in [0.4, 0.5) is 11.5 Å². The number of thioether (sulfide) groups is 1. The number of carbonyl (C=O) groups is 2. The second kappa shape index (κ2) is 7.46. The Morgan fingerprint density at radius 3 is 2.85 bits per heavy atom. The van der Waals surface area contributed by atoms with Crippen LogP contribution in [0.5, 0.6) is 0 Å². The van der Waals surface area contributed by atoms with Crippen molar-refractivity contribution in [2.24, 2.45) is 0 Å². The number of benzene rings is 1. The number of rotatable bonds is 5. The number of nitrogens with zero attached hydrogens (tertiary/aromatic N) is 1. The van der Waals surface area contributed by atoms with Crippen molar-refractivity contribution in [3.63, 3.8) is 0 Å². The Labute approximate surface area is 155 Å². The monoisotopic (exact) mass is 391 g/mol. The van der Waals surface area contributed by atoms with Crippen LogP contribution in [-0.4, -0.2) is 36.2 Å². The molecule has 0 aliphatic carbocycles. The topological polar surface area (TPSA) is 105 Å². The average Bonchev–Trinajstić information content (AvgIpc) is 2.61. The van der Waals surface area contributed by atoms with Crippen LogP contribution in [0.25, 0.3) is 0 Å². The Hall–Kier alpha value is -2.39. The molecule has 0 bridgehead atoms. The van der Waals surface area contributed by atoms with Crippen LogP contribution in [-0.2, 0) is 19.4 Å². The number of aromatic nitrogens is 1. The predicted molar refractivity (Wildman–Crippen MR) is 99.9 cm³/mol. The molecule has 2 N–H and O–H groups in total. The van der Waals surface area contributed by atoms with Crippen LogP contribution in [0, 0.1) is 0 Å². The Kier molecular flexibility index (Phi) is 5.28. The maximum Gasteiger partial charge on any atom is 0.237 e. The zero-order chi connectivity index (χ0) is 18.7. The first-order chi connectivity index (χ1) is 12.3. The summed E-state index contributed by atoms with van der Waals surface area (Å²) in [6.07, 6.45) is 1.35. The molecule has 9 heteroatoms. The van der Waals surface area contributed by atoms with Gasteiger partial charge in [0.15, 0.2) is 9.84 Å². The summed E-state index contributed by atoms with van der Waals surface area (Å²) >= 11 is 1.38. The van der Waals surface area contributed by atoms with E-state index < -0.39 is 15.7 Å². The molecule has 0 unspecified atom stereocenters. The second-order valence-corrected chi connectivity index (χ2v) is 9.23. The number of sulfone groups is 1. The molecule has 1 aliphatic rings. The number of nitrogens with one attached hydrogen (secondary N) is 2. The number of anilines is 2. The number of carbonyl (C=O) groups excluding carboxylic acids is 2. The van der Waals surface area contributed by atoms with Gasteiger partial charge in [0.2, 0.25) is 11.8 Å². The van der Waals surface area contributed by atoms with Crippen LogP contribution >= 0.6 is 11.8 Å². The maximum absolute atomic E-state index is 12.5. The van der Waals surface area contributed by atoms with Crippen molar-refractivity contribution in [2.45, 2.75) is 28.4 Å². The zero-order valence-corrected chi connectivity index (χ0v) is 15.6. The molecular weight excluding hydrogens is 374 g/mol. The highest BCUT2D eigenvalue weighted by molar-refractivity contribution is 8.01. The van der Waals surface area contributed by atoms with Gasteiger partial charge in [-0.2, -0.15) is 0 Å². The minimum atomic E-state index is -3.65. The molecule has 1 aromatic carbocycles. The fraction of sp³-hybridized carbons (Fsp3) is 0.235. The van der Waals surface area contributed by atoms with Gasteiger partial charge < -0.3 is 10.6 Å². The molecule has 2 heterocycles. The van der Waals surface area contributed by atoms with Gasteiger partial charge in [-0.1, -0.05) is 6.07 Å². The quantitative estimate of drug-likeness (QED) is 0.810. The van der Waals surface area contributed by atoms with E-state index in [1.54, 1.807) is 31.2 Å². The maximum atomic E-state index is 12.5. The minimum Gasteiger partial charge on any atom is -0.324 e. The lowest BCUT2D eigenvalue weighted by atomic mass is 10.3. The van der Waals surface area contributed by atoms with Crippen molar-refractivity contribution < 1.29 is 18.0 Å². The highest BCUT2D eigenvalue weighted by Gasteiger charge is 2.25. The molecule has 0 fully saturated rings. The number of pyridine rings is 1. The van der Waals surface area contributed by atoms with E-state index in [1.165, 1.54) is 30.1 Å². The largest absolute Gasteiger partial charge is 0.324 e. The Morgan fingerprint density at radius 2 is 2.12 bits per heavy atom. The summed E-state index contributed by atoms with van der Waals surface area (Å²) in [6, 6.07) is 9.68. The van der Waals surface area contributed by atoms with Crippen LogP contribution in [0.15, 0.2) is 52.4 Å². The summed E-state index contributed by atoms with van der Waals surface area (Å²) in [5.41, 5.74) is 0.483. The molecule has 0 saturated heterocycles. The van der Waals surface area contributed by atoms with Gasteiger partial charge in [-0.15, -0.1) is 11.8 Å². The van der Waals surface area contributed by atoms with Gasteiger partial charge in [0, 0.05) is 17.5 Å². The number of fused-ring (bicyclic) bond motifs is 1. The third-order valence-electron chi connectivity index (χ3n) is 3.77. The van der Waals surface area contributed by atoms with E-state index >= 15 is 0 Å². The first kappa shape index (κ1) is 18.4. The molecule has 0 spiro atoms. The summed E-state index contributed by atoms with van der Waals surface area (Å²) in [7, 11) is -3.65. The SMILES string of the molecule is C[C@@H]1Sc2ccc(S(=O)(=O)CCC(=O)Nc3ccccn3)cc2NC1=O. The van der Waals surface area contributed by atoms with E-state index in [1.807, 2.05) is 0 Å². The first-order valence-electron chi connectivity index (χ1n) is 7.90. The Bertz CT molecular complexity index is 946. The van der Waals surface area contributed by atoms with E-state index in [0.717, 1.165) is 4.90 Å². The molecule has 2 amide bonds. The Morgan fingerprint density at radius 1 is 1.31 bits per heavy atom. The van der Waals surface area contributed by atoms with E-state index in [0.29, 0.717) is 11.5 Å². The average molecular weight is 391 g/mol. The summed E-state index contributed by atoms with van der Waals surface area (Å²) in [5, 5.41) is 5.04. The van der Waals surface area contributed by atoms with Crippen molar-refractivity contribution >= 4 is 44.9 Å². The molecule has 1 atom stereocenters. The molecule has 136 valence electrons. The van der Waals surface area contributed by atoms with Crippen molar-refractivity contribution in [1.29, 1.82) is 0 Å². The molecule has 3 rings (SSSR count). The fourth-order valence-electron chi connectivity index (χ4n) is 2.37. The van der Waals surface area contributed by atoms with Crippen molar-refractivity contribution in [1.82, 2.24) is 4.98 Å². The molecule has 0 saturated carbocycles. The molecule has 1 aliphatic heterocycles. The molecule has 0 radical (unpaired) electrons. The Balaban J connectivity index is 1.68. The smallest absolute Gasteiger partial charge is 0.237 e. The third kappa shape index (κ3) is 4.23.